The lowest BCUT2D eigenvalue weighted by Gasteiger charge is -2.14. The first-order valence-electron chi connectivity index (χ1n) is 10.7. The average Bonchev–Trinajstić information content (AvgIpc) is 3.23. The van der Waals surface area contributed by atoms with Crippen molar-refractivity contribution in [3.8, 4) is 28.4 Å². The van der Waals surface area contributed by atoms with Gasteiger partial charge < -0.3 is 14.2 Å². The van der Waals surface area contributed by atoms with Crippen LogP contribution in [0.2, 0.25) is 0 Å². The van der Waals surface area contributed by atoms with Crippen LogP contribution in [0.3, 0.4) is 0 Å². The molecule has 3 unspecified atom stereocenters. The maximum absolute atomic E-state index is 12.3. The molecule has 0 saturated heterocycles. The van der Waals surface area contributed by atoms with E-state index < -0.39 is 0 Å². The molecule has 3 aromatic rings. The van der Waals surface area contributed by atoms with Gasteiger partial charge in [-0.25, -0.2) is 0 Å². The summed E-state index contributed by atoms with van der Waals surface area (Å²) in [5.74, 6) is 2.59. The number of methoxy groups -OCH3 is 2. The topological polar surface area (TPSA) is 44.8 Å². The predicted molar refractivity (Wildman–Crippen MR) is 120 cm³/mol. The summed E-state index contributed by atoms with van der Waals surface area (Å²) in [6, 6.07) is 22.4. The lowest BCUT2D eigenvalue weighted by atomic mass is 9.93. The number of hydrogen-bond acceptors (Lipinski definition) is 4. The molecule has 0 aliphatic heterocycles. The molecule has 1 fully saturated rings. The first-order chi connectivity index (χ1) is 15.1. The highest BCUT2D eigenvalue weighted by atomic mass is 16.5. The Kier molecular flexibility index (Phi) is 4.73. The van der Waals surface area contributed by atoms with Gasteiger partial charge in [0, 0.05) is 5.41 Å². The predicted octanol–water partition coefficient (Wildman–Crippen LogP) is 5.78. The van der Waals surface area contributed by atoms with Crippen LogP contribution in [0, 0.1) is 11.8 Å². The lowest BCUT2D eigenvalue weighted by molar-refractivity contribution is -0.142. The maximum atomic E-state index is 12.3. The molecule has 4 heteroatoms. The zero-order chi connectivity index (χ0) is 21.6. The highest BCUT2D eigenvalue weighted by Crippen LogP contribution is 2.66. The number of carbonyl (C=O) groups excluding carboxylic acids is 1. The third-order valence-corrected chi connectivity index (χ3v) is 7.10. The third-order valence-electron chi connectivity index (χ3n) is 7.10. The fourth-order valence-electron chi connectivity index (χ4n) is 5.37. The quantitative estimate of drug-likeness (QED) is 0.497. The van der Waals surface area contributed by atoms with E-state index >= 15 is 0 Å². The standard InChI is InChI=1S/C27H26O4/c1-17-25(26(28)30-3)27(17)14-13-19-9-12-23(16-24(19)27)31-21-10-7-18(8-11-21)20-5-4-6-22(15-20)29-2/h4-12,15-17,25H,13-14H2,1-3H3. The summed E-state index contributed by atoms with van der Waals surface area (Å²) in [4.78, 5) is 12.3. The van der Waals surface area contributed by atoms with Gasteiger partial charge in [-0.1, -0.05) is 37.3 Å². The van der Waals surface area contributed by atoms with E-state index in [0.29, 0.717) is 5.92 Å². The molecule has 2 aliphatic carbocycles. The number of carbonyl (C=O) groups is 1. The molecule has 0 radical (unpaired) electrons. The van der Waals surface area contributed by atoms with Crippen molar-refractivity contribution in [1.82, 2.24) is 0 Å². The van der Waals surface area contributed by atoms with Crippen LogP contribution in [0.25, 0.3) is 11.1 Å². The second kappa shape index (κ2) is 7.45. The highest BCUT2D eigenvalue weighted by molar-refractivity contribution is 5.81. The summed E-state index contributed by atoms with van der Waals surface area (Å²) in [5, 5.41) is 0. The van der Waals surface area contributed by atoms with Crippen molar-refractivity contribution in [1.29, 1.82) is 0 Å². The Hall–Kier alpha value is -3.27. The van der Waals surface area contributed by atoms with Crippen LogP contribution in [0.4, 0.5) is 0 Å². The van der Waals surface area contributed by atoms with Crippen molar-refractivity contribution < 1.29 is 19.0 Å². The van der Waals surface area contributed by atoms with Gasteiger partial charge in [0.15, 0.2) is 0 Å². The number of aryl methyl sites for hydroxylation is 1. The molecule has 158 valence electrons. The van der Waals surface area contributed by atoms with Gasteiger partial charge in [-0.3, -0.25) is 4.79 Å². The van der Waals surface area contributed by atoms with E-state index in [4.69, 9.17) is 14.2 Å². The van der Waals surface area contributed by atoms with Crippen molar-refractivity contribution in [2.75, 3.05) is 14.2 Å². The number of esters is 1. The summed E-state index contributed by atoms with van der Waals surface area (Å²) >= 11 is 0. The van der Waals surface area contributed by atoms with Gasteiger partial charge in [-0.15, -0.1) is 0 Å². The van der Waals surface area contributed by atoms with Gasteiger partial charge >= 0.3 is 5.97 Å². The first-order valence-corrected chi connectivity index (χ1v) is 10.7. The average molecular weight is 415 g/mol. The van der Waals surface area contributed by atoms with Crippen molar-refractivity contribution >= 4 is 5.97 Å². The Balaban J connectivity index is 1.37. The number of fused-ring (bicyclic) bond motifs is 2. The van der Waals surface area contributed by atoms with Gasteiger partial charge in [0.2, 0.25) is 0 Å². The van der Waals surface area contributed by atoms with Crippen LogP contribution in [0.1, 0.15) is 24.5 Å². The number of benzene rings is 3. The third kappa shape index (κ3) is 3.18. The fraction of sp³-hybridized carbons (Fsp3) is 0.296. The van der Waals surface area contributed by atoms with E-state index in [1.54, 1.807) is 7.11 Å². The molecule has 3 aromatic carbocycles. The van der Waals surface area contributed by atoms with E-state index in [1.165, 1.54) is 18.2 Å². The summed E-state index contributed by atoms with van der Waals surface area (Å²) in [6.07, 6.45) is 2.00. The molecule has 5 rings (SSSR count). The SMILES string of the molecule is COC(=O)C1C(C)C12CCc1ccc(Oc3ccc(-c4cccc(OC)c4)cc3)cc12. The largest absolute Gasteiger partial charge is 0.497 e. The van der Waals surface area contributed by atoms with E-state index in [-0.39, 0.29) is 17.3 Å². The van der Waals surface area contributed by atoms with Crippen LogP contribution in [-0.4, -0.2) is 20.2 Å². The summed E-state index contributed by atoms with van der Waals surface area (Å²) in [7, 11) is 3.15. The molecule has 4 nitrogen and oxygen atoms in total. The van der Waals surface area contributed by atoms with E-state index in [9.17, 15) is 4.79 Å². The lowest BCUT2D eigenvalue weighted by Crippen LogP contribution is -2.13. The van der Waals surface area contributed by atoms with Crippen molar-refractivity contribution in [2.24, 2.45) is 11.8 Å². The van der Waals surface area contributed by atoms with Gasteiger partial charge in [-0.2, -0.15) is 0 Å². The highest BCUT2D eigenvalue weighted by Gasteiger charge is 2.68. The Morgan fingerprint density at radius 1 is 0.903 bits per heavy atom. The molecule has 1 saturated carbocycles. The van der Waals surface area contributed by atoms with Gasteiger partial charge in [0.05, 0.1) is 20.1 Å². The molecule has 31 heavy (non-hydrogen) atoms. The fourth-order valence-corrected chi connectivity index (χ4v) is 5.37. The molecular formula is C27H26O4. The van der Waals surface area contributed by atoms with Crippen LogP contribution in [0.5, 0.6) is 17.2 Å². The van der Waals surface area contributed by atoms with E-state index in [2.05, 4.69) is 37.3 Å². The van der Waals surface area contributed by atoms with Crippen molar-refractivity contribution in [3.05, 3.63) is 77.9 Å². The Labute approximate surface area is 182 Å². The van der Waals surface area contributed by atoms with Crippen molar-refractivity contribution in [2.45, 2.75) is 25.2 Å². The molecular weight excluding hydrogens is 388 g/mol. The Morgan fingerprint density at radius 3 is 2.42 bits per heavy atom. The Morgan fingerprint density at radius 2 is 1.68 bits per heavy atom. The zero-order valence-corrected chi connectivity index (χ0v) is 18.1. The van der Waals surface area contributed by atoms with E-state index in [0.717, 1.165) is 41.2 Å². The minimum absolute atomic E-state index is 0.0452. The molecule has 0 N–H and O–H groups in total. The van der Waals surface area contributed by atoms with Crippen molar-refractivity contribution in [3.63, 3.8) is 0 Å². The van der Waals surface area contributed by atoms with Crippen LogP contribution in [0.15, 0.2) is 66.7 Å². The van der Waals surface area contributed by atoms with E-state index in [1.807, 2.05) is 36.4 Å². The first kappa shape index (κ1) is 19.7. The van der Waals surface area contributed by atoms with Crippen LogP contribution < -0.4 is 9.47 Å². The van der Waals surface area contributed by atoms with Gasteiger partial charge in [0.25, 0.3) is 0 Å². The Bertz CT molecular complexity index is 1130. The monoisotopic (exact) mass is 414 g/mol. The number of hydrogen-bond donors (Lipinski definition) is 0. The molecule has 0 heterocycles. The molecule has 1 spiro atoms. The zero-order valence-electron chi connectivity index (χ0n) is 18.1. The second-order valence-electron chi connectivity index (χ2n) is 8.51. The van der Waals surface area contributed by atoms with Gasteiger partial charge in [0.1, 0.15) is 17.2 Å². The minimum Gasteiger partial charge on any atom is -0.497 e. The van der Waals surface area contributed by atoms with Gasteiger partial charge in [-0.05, 0) is 77.4 Å². The number of rotatable bonds is 5. The molecule has 3 atom stereocenters. The maximum Gasteiger partial charge on any atom is 0.309 e. The molecule has 0 amide bonds. The smallest absolute Gasteiger partial charge is 0.309 e. The summed E-state index contributed by atoms with van der Waals surface area (Å²) in [5.41, 5.74) is 4.69. The molecule has 0 bridgehead atoms. The number of ether oxygens (including phenoxy) is 3. The molecule has 0 aromatic heterocycles. The minimum atomic E-state index is -0.0974. The summed E-state index contributed by atoms with van der Waals surface area (Å²) < 4.78 is 16.6. The van der Waals surface area contributed by atoms with Crippen LogP contribution in [-0.2, 0) is 21.4 Å². The molecule has 2 aliphatic rings. The van der Waals surface area contributed by atoms with Crippen LogP contribution >= 0.6 is 0 Å². The normalized spacial score (nSPS) is 23.3. The summed E-state index contributed by atoms with van der Waals surface area (Å²) in [6.45, 7) is 2.15. The second-order valence-corrected chi connectivity index (χ2v) is 8.51.